The van der Waals surface area contributed by atoms with Crippen molar-refractivity contribution in [3.8, 4) is 6.07 Å². The lowest BCUT2D eigenvalue weighted by Gasteiger charge is -2.24. The molecule has 0 spiro atoms. The van der Waals surface area contributed by atoms with Crippen LogP contribution in [0.3, 0.4) is 0 Å². The van der Waals surface area contributed by atoms with E-state index >= 15 is 0 Å². The molecule has 1 aromatic rings. The molecule has 0 bridgehead atoms. The molecule has 0 saturated heterocycles. The van der Waals surface area contributed by atoms with Crippen LogP contribution in [-0.4, -0.2) is 18.4 Å². The fourth-order valence-electron chi connectivity index (χ4n) is 2.02. The summed E-state index contributed by atoms with van der Waals surface area (Å²) >= 11 is 0. The highest BCUT2D eigenvalue weighted by molar-refractivity contribution is 5.94. The van der Waals surface area contributed by atoms with Crippen molar-refractivity contribution in [2.24, 2.45) is 0 Å². The highest BCUT2D eigenvalue weighted by Gasteiger charge is 2.30. The van der Waals surface area contributed by atoms with Gasteiger partial charge in [-0.05, 0) is 38.0 Å². The largest absolute Gasteiger partial charge is 0.365 e. The van der Waals surface area contributed by atoms with E-state index in [-0.39, 0.29) is 11.6 Å². The molecule has 0 unspecified atom stereocenters. The number of halogens is 1. The van der Waals surface area contributed by atoms with E-state index in [0.29, 0.717) is 30.3 Å². The first-order valence-electron chi connectivity index (χ1n) is 6.07. The third-order valence-electron chi connectivity index (χ3n) is 3.12. The summed E-state index contributed by atoms with van der Waals surface area (Å²) < 4.78 is 14.0. The van der Waals surface area contributed by atoms with E-state index in [0.717, 1.165) is 12.8 Å². The zero-order chi connectivity index (χ0) is 13.1. The van der Waals surface area contributed by atoms with Crippen LogP contribution in [0.2, 0.25) is 0 Å². The second-order valence-electron chi connectivity index (χ2n) is 4.56. The van der Waals surface area contributed by atoms with Gasteiger partial charge in [0.25, 0.3) is 0 Å². The lowest BCUT2D eigenvalue weighted by Crippen LogP contribution is -2.27. The van der Waals surface area contributed by atoms with E-state index in [2.05, 4.69) is 6.07 Å². The van der Waals surface area contributed by atoms with Crippen molar-refractivity contribution in [3.05, 3.63) is 29.6 Å². The first-order chi connectivity index (χ1) is 8.63. The number of carbonyl (C=O) groups is 1. The maximum absolute atomic E-state index is 14.0. The van der Waals surface area contributed by atoms with Gasteiger partial charge in [-0.15, -0.1) is 0 Å². The number of nitriles is 1. The Balaban J connectivity index is 2.25. The Bertz CT molecular complexity index is 503. The molecule has 1 saturated carbocycles. The number of anilines is 1. The summed E-state index contributed by atoms with van der Waals surface area (Å²) in [7, 11) is 0. The minimum atomic E-state index is -0.382. The molecule has 1 aliphatic carbocycles. The summed E-state index contributed by atoms with van der Waals surface area (Å²) in [6, 6.07) is 6.98. The summed E-state index contributed by atoms with van der Waals surface area (Å²) in [5, 5.41) is 8.64. The van der Waals surface area contributed by atoms with Crippen molar-refractivity contribution in [1.29, 1.82) is 5.26 Å². The van der Waals surface area contributed by atoms with Gasteiger partial charge in [0.05, 0.1) is 18.2 Å². The molecule has 18 heavy (non-hydrogen) atoms. The average Bonchev–Trinajstić information content (AvgIpc) is 3.15. The van der Waals surface area contributed by atoms with Crippen LogP contribution in [-0.2, 0) is 0 Å². The predicted octanol–water partition coefficient (Wildman–Crippen LogP) is 2.91. The molecule has 2 rings (SSSR count). The Morgan fingerprint density at radius 3 is 2.78 bits per heavy atom. The van der Waals surface area contributed by atoms with Crippen molar-refractivity contribution >= 4 is 11.5 Å². The molecule has 94 valence electrons. The molecule has 4 heteroatoms. The number of benzene rings is 1. The van der Waals surface area contributed by atoms with Gasteiger partial charge < -0.3 is 4.90 Å². The van der Waals surface area contributed by atoms with Crippen LogP contribution < -0.4 is 4.90 Å². The minimum absolute atomic E-state index is 0.143. The number of ketones is 1. The zero-order valence-corrected chi connectivity index (χ0v) is 10.3. The lowest BCUT2D eigenvalue weighted by molar-refractivity contribution is 0.101. The molecule has 1 aliphatic rings. The molecule has 0 aromatic heterocycles. The average molecular weight is 246 g/mol. The first kappa shape index (κ1) is 12.6. The molecule has 0 aliphatic heterocycles. The van der Waals surface area contributed by atoms with Crippen molar-refractivity contribution in [3.63, 3.8) is 0 Å². The van der Waals surface area contributed by atoms with Gasteiger partial charge >= 0.3 is 0 Å². The molecule has 3 nitrogen and oxygen atoms in total. The molecule has 0 radical (unpaired) electrons. The number of rotatable bonds is 5. The Hall–Kier alpha value is -1.89. The Morgan fingerprint density at radius 1 is 1.56 bits per heavy atom. The lowest BCUT2D eigenvalue weighted by atomic mass is 10.1. The van der Waals surface area contributed by atoms with E-state index in [9.17, 15) is 9.18 Å². The second-order valence-corrected chi connectivity index (χ2v) is 4.56. The topological polar surface area (TPSA) is 44.1 Å². The van der Waals surface area contributed by atoms with Crippen LogP contribution in [0.1, 0.15) is 36.5 Å². The molecule has 0 atom stereocenters. The van der Waals surface area contributed by atoms with Crippen molar-refractivity contribution in [2.75, 3.05) is 11.4 Å². The number of carbonyl (C=O) groups excluding carboxylic acids is 1. The zero-order valence-electron chi connectivity index (χ0n) is 10.3. The number of nitrogens with zero attached hydrogens (tertiary/aromatic N) is 2. The van der Waals surface area contributed by atoms with Crippen LogP contribution >= 0.6 is 0 Å². The summed E-state index contributed by atoms with van der Waals surface area (Å²) in [6.45, 7) is 1.96. The Labute approximate surface area is 106 Å². The predicted molar refractivity (Wildman–Crippen MR) is 67.0 cm³/mol. The fraction of sp³-hybridized carbons (Fsp3) is 0.429. The van der Waals surface area contributed by atoms with E-state index in [1.165, 1.54) is 13.0 Å². The van der Waals surface area contributed by atoms with E-state index < -0.39 is 0 Å². The third-order valence-corrected chi connectivity index (χ3v) is 3.12. The van der Waals surface area contributed by atoms with Crippen molar-refractivity contribution in [2.45, 2.75) is 32.2 Å². The van der Waals surface area contributed by atoms with E-state index in [1.54, 1.807) is 12.1 Å². The standard InChI is InChI=1S/C14H15FN2O/c1-10(18)11-3-6-14(13(15)9-11)17(8-2-7-16)12-4-5-12/h3,6,9,12H,2,4-5,8H2,1H3. The number of hydrogen-bond donors (Lipinski definition) is 0. The van der Waals surface area contributed by atoms with Gasteiger partial charge in [0.15, 0.2) is 5.78 Å². The molecular formula is C14H15FN2O. The van der Waals surface area contributed by atoms with Gasteiger partial charge in [-0.2, -0.15) is 5.26 Å². The van der Waals surface area contributed by atoms with E-state index in [1.807, 2.05) is 4.90 Å². The third kappa shape index (κ3) is 2.67. The Kier molecular flexibility index (Phi) is 3.61. The quantitative estimate of drug-likeness (QED) is 0.750. The summed E-state index contributed by atoms with van der Waals surface area (Å²) in [5.41, 5.74) is 0.880. The Morgan fingerprint density at radius 2 is 2.28 bits per heavy atom. The normalized spacial score (nSPS) is 14.1. The van der Waals surface area contributed by atoms with Crippen LogP contribution in [0.5, 0.6) is 0 Å². The van der Waals surface area contributed by atoms with Gasteiger partial charge in [-0.3, -0.25) is 4.79 Å². The molecular weight excluding hydrogens is 231 g/mol. The van der Waals surface area contributed by atoms with Crippen LogP contribution in [0.4, 0.5) is 10.1 Å². The molecule has 1 aromatic carbocycles. The van der Waals surface area contributed by atoms with Crippen molar-refractivity contribution in [1.82, 2.24) is 0 Å². The molecule has 0 amide bonds. The van der Waals surface area contributed by atoms with Crippen molar-refractivity contribution < 1.29 is 9.18 Å². The maximum Gasteiger partial charge on any atom is 0.159 e. The van der Waals surface area contributed by atoms with E-state index in [4.69, 9.17) is 5.26 Å². The maximum atomic E-state index is 14.0. The van der Waals surface area contributed by atoms with Gasteiger partial charge in [-0.25, -0.2) is 4.39 Å². The second kappa shape index (κ2) is 5.18. The summed E-state index contributed by atoms with van der Waals surface area (Å²) in [4.78, 5) is 13.1. The summed E-state index contributed by atoms with van der Waals surface area (Å²) in [5.74, 6) is -0.525. The molecule has 0 N–H and O–H groups in total. The van der Waals surface area contributed by atoms with Gasteiger partial charge in [-0.1, -0.05) is 0 Å². The van der Waals surface area contributed by atoms with Gasteiger partial charge in [0.1, 0.15) is 5.82 Å². The van der Waals surface area contributed by atoms with Crippen LogP contribution in [0.25, 0.3) is 0 Å². The van der Waals surface area contributed by atoms with Crippen LogP contribution in [0, 0.1) is 17.1 Å². The van der Waals surface area contributed by atoms with Gasteiger partial charge in [0, 0.05) is 18.2 Å². The number of hydrogen-bond acceptors (Lipinski definition) is 3. The minimum Gasteiger partial charge on any atom is -0.365 e. The SMILES string of the molecule is CC(=O)c1ccc(N(CCC#N)C2CC2)c(F)c1. The molecule has 1 fully saturated rings. The highest BCUT2D eigenvalue weighted by Crippen LogP contribution is 2.33. The number of Topliss-reactive ketones (excluding diaryl/α,β-unsaturated/α-hetero) is 1. The van der Waals surface area contributed by atoms with Gasteiger partial charge in [0.2, 0.25) is 0 Å². The first-order valence-corrected chi connectivity index (χ1v) is 6.07. The fourth-order valence-corrected chi connectivity index (χ4v) is 2.02. The van der Waals surface area contributed by atoms with Crippen LogP contribution in [0.15, 0.2) is 18.2 Å². The highest BCUT2D eigenvalue weighted by atomic mass is 19.1. The molecule has 0 heterocycles. The monoisotopic (exact) mass is 246 g/mol. The smallest absolute Gasteiger partial charge is 0.159 e. The summed E-state index contributed by atoms with van der Waals surface area (Å²) in [6.07, 6.45) is 2.46.